The Labute approximate surface area is 684 Å². The molecule has 0 spiro atoms. The van der Waals surface area contributed by atoms with Crippen LogP contribution in [-0.2, 0) is 90.4 Å². The molecule has 44 heteroatoms. The Morgan fingerprint density at radius 1 is 0.513 bits per heavy atom. The average molecular weight is 1710 g/mol. The molecule has 2 amide bonds. The van der Waals surface area contributed by atoms with Gasteiger partial charge in [-0.1, -0.05) is 79.1 Å². The molecule has 0 bridgehead atoms. The molecule has 0 radical (unpaired) electrons. The Bertz CT molecular complexity index is 3930. The van der Waals surface area contributed by atoms with E-state index in [1.165, 1.54) is 43.8 Å². The van der Waals surface area contributed by atoms with E-state index in [0.29, 0.717) is 12.3 Å². The number of aliphatic hydroxyl groups excluding tert-OH is 9. The Morgan fingerprint density at radius 3 is 1.37 bits per heavy atom. The highest BCUT2D eigenvalue weighted by Crippen LogP contribution is 2.40. The lowest BCUT2D eigenvalue weighted by Crippen LogP contribution is -2.59. The lowest BCUT2D eigenvalue weighted by molar-refractivity contribution is -0.273. The molecule has 0 saturated carbocycles. The van der Waals surface area contributed by atoms with E-state index < -0.39 is 255 Å². The van der Waals surface area contributed by atoms with Crippen LogP contribution in [0.2, 0.25) is 0 Å². The second-order valence-corrected chi connectivity index (χ2v) is 32.1. The highest BCUT2D eigenvalue weighted by molar-refractivity contribution is 5.89. The largest absolute Gasteiger partial charge is 0.480 e. The van der Waals surface area contributed by atoms with E-state index in [1.807, 2.05) is 16.9 Å². The summed E-state index contributed by atoms with van der Waals surface area (Å²) in [4.78, 5) is 151. The Hall–Kier alpha value is -7.23. The van der Waals surface area contributed by atoms with Gasteiger partial charge in [0.15, 0.2) is 37.1 Å². The highest BCUT2D eigenvalue weighted by atomic mass is 16.7. The summed E-state index contributed by atoms with van der Waals surface area (Å²) in [6.45, 7) is 8.33. The Morgan fingerprint density at radius 2 is 0.941 bits per heavy atom. The number of amides is 2. The molecule has 44 nitrogen and oxygen atoms in total. The Kier molecular flexibility index (Phi) is 35.7. The fourth-order valence-electron chi connectivity index (χ4n) is 16.4. The third-order valence-corrected chi connectivity index (χ3v) is 22.8. The van der Waals surface area contributed by atoms with Crippen molar-refractivity contribution in [2.75, 3.05) is 68.6 Å². The number of hydrogen-bond acceptors (Lipinski definition) is 36. The van der Waals surface area contributed by atoms with Crippen molar-refractivity contribution in [3.63, 3.8) is 0 Å². The van der Waals surface area contributed by atoms with Crippen LogP contribution in [0, 0.1) is 17.8 Å². The molecule has 7 aliphatic rings. The molecule has 2 aromatic heterocycles. The van der Waals surface area contributed by atoms with Gasteiger partial charge in [0.05, 0.1) is 24.7 Å². The maximum atomic E-state index is 14.7. The topological polar surface area (TPSA) is 628 Å². The summed E-state index contributed by atoms with van der Waals surface area (Å²) < 4.78 is 71.4. The van der Waals surface area contributed by atoms with Crippen LogP contribution in [0.4, 0.5) is 0 Å². The van der Waals surface area contributed by atoms with Gasteiger partial charge in [0.1, 0.15) is 116 Å². The number of nitrogens with two attached hydrogens (primary N) is 2. The van der Waals surface area contributed by atoms with E-state index in [9.17, 15) is 109 Å². The number of carbonyl (C=O) groups is 7. The molecular weight excluding hydrogens is 1580 g/mol. The maximum Gasteiger partial charge on any atom is 0.330 e. The van der Waals surface area contributed by atoms with Crippen molar-refractivity contribution in [2.24, 2.45) is 29.2 Å². The van der Waals surface area contributed by atoms with Crippen molar-refractivity contribution in [3.05, 3.63) is 66.2 Å². The molecule has 7 fully saturated rings. The number of β-amino-alcohol motifs (C(OH)–C–C–N with tert-alkyl or cyclic N) is 1. The number of esters is 3. The van der Waals surface area contributed by atoms with Crippen molar-refractivity contribution in [2.45, 2.75) is 296 Å². The van der Waals surface area contributed by atoms with Gasteiger partial charge in [-0.3, -0.25) is 62.5 Å². The number of carbonyl (C=O) groups excluding carboxylic acids is 5. The van der Waals surface area contributed by atoms with Gasteiger partial charge in [-0.2, -0.15) is 0 Å². The highest BCUT2D eigenvalue weighted by Gasteiger charge is 2.60. The predicted octanol–water partition coefficient (Wildman–Crippen LogP) is -6.15. The molecule has 674 valence electrons. The number of likely N-dealkylation sites (N-methyl/N-ethyl adjacent to an activating group) is 4. The number of nitrogens with zero attached hydrogens (tertiary/aromatic N) is 6. The molecule has 7 aliphatic heterocycles. The number of hydrogen-bond donors (Lipinski definition) is 15. The second-order valence-electron chi connectivity index (χ2n) is 32.1. The molecular formula is C75H120N10O34. The molecule has 31 atom stereocenters. The minimum atomic E-state index is -1.96. The number of H-pyrrole nitrogens is 2. The second kappa shape index (κ2) is 43.7. The summed E-state index contributed by atoms with van der Waals surface area (Å²) in [5.74, 6) is -7.51. The van der Waals surface area contributed by atoms with Crippen LogP contribution in [0.3, 0.4) is 0 Å². The minimum absolute atomic E-state index is 0.164. The number of aromatic nitrogens is 4. The van der Waals surface area contributed by atoms with E-state index in [-0.39, 0.29) is 50.9 Å². The predicted molar refractivity (Wildman–Crippen MR) is 406 cm³/mol. The molecule has 9 heterocycles. The van der Waals surface area contributed by atoms with E-state index >= 15 is 0 Å². The zero-order valence-corrected chi connectivity index (χ0v) is 68.5. The number of aliphatic carboxylic acids is 2. The maximum absolute atomic E-state index is 14.7. The number of aromatic amines is 2. The Balaban J connectivity index is 0.000000367. The van der Waals surface area contributed by atoms with Gasteiger partial charge < -0.3 is 134 Å². The molecule has 9 rings (SSSR count). The lowest BCUT2D eigenvalue weighted by atomic mass is 9.92. The molecule has 0 aliphatic carbocycles. The van der Waals surface area contributed by atoms with Crippen LogP contribution < -0.4 is 34.0 Å². The van der Waals surface area contributed by atoms with Gasteiger partial charge in [0.2, 0.25) is 18.1 Å². The van der Waals surface area contributed by atoms with Crippen LogP contribution >= 0.6 is 0 Å². The zero-order chi connectivity index (χ0) is 88.0. The van der Waals surface area contributed by atoms with Gasteiger partial charge in [-0.15, -0.1) is 0 Å². The van der Waals surface area contributed by atoms with Crippen molar-refractivity contribution in [1.82, 2.24) is 38.7 Å². The summed E-state index contributed by atoms with van der Waals surface area (Å²) in [6, 6.07) is -4.76. The fourth-order valence-corrected chi connectivity index (χ4v) is 16.4. The quantitative estimate of drug-likeness (QED) is 0.0171. The number of carboxylic acid groups (broad SMARTS) is 2. The first-order valence-corrected chi connectivity index (χ1v) is 40.0. The van der Waals surface area contributed by atoms with Crippen molar-refractivity contribution in [1.29, 1.82) is 0 Å². The summed E-state index contributed by atoms with van der Waals surface area (Å²) in [6.07, 6.45) is -25.8. The first-order chi connectivity index (χ1) is 56.2. The number of aliphatic hydroxyl groups is 9. The van der Waals surface area contributed by atoms with Crippen LogP contribution in [-0.4, -0.2) is 370 Å². The molecule has 24 unspecified atom stereocenters. The summed E-state index contributed by atoms with van der Waals surface area (Å²) in [7, 11) is 8.08. The number of unbranched alkanes of at least 4 members (excludes halogenated alkanes) is 7. The van der Waals surface area contributed by atoms with Gasteiger partial charge >= 0.3 is 41.2 Å². The first kappa shape index (κ1) is 97.2. The van der Waals surface area contributed by atoms with Gasteiger partial charge in [0.25, 0.3) is 11.1 Å². The summed E-state index contributed by atoms with van der Waals surface area (Å²) >= 11 is 0. The van der Waals surface area contributed by atoms with Crippen LogP contribution in [0.5, 0.6) is 0 Å². The SMILES string of the molecule is CN1C(=O)[C@H]([C@H](OC2OC(CN)C(O)C2O)C2OC(n3ccc(=O)[nH]c3=O)C(O)C2O)N(C)C[C@H](O)C1C(=O)O.COC1C(C)OC(OC(=O)CC(C)CC(=O)OC(CCCCCCCCCCC(C)C)CC(=O)O[C@H]2CN(C)[C@@H]([C@H](OC3OC(CN)C(O)C3O)C3OC(n4ccc(=O)[nH]c4=O)C(O)C3O)C(=O)N(C)[C@@H]2C(=O)O)C(C)C1OC. The van der Waals surface area contributed by atoms with Crippen LogP contribution in [0.15, 0.2) is 43.7 Å². The zero-order valence-electron chi connectivity index (χ0n) is 68.5. The number of ether oxygens (including phenoxy) is 12. The van der Waals surface area contributed by atoms with Crippen molar-refractivity contribution >= 4 is 41.7 Å². The van der Waals surface area contributed by atoms with E-state index in [0.717, 1.165) is 96.1 Å². The molecule has 2 aromatic rings. The fraction of sp³-hybridized carbons (Fsp3) is 0.800. The van der Waals surface area contributed by atoms with Crippen LogP contribution in [0.25, 0.3) is 0 Å². The number of methoxy groups -OCH3 is 2. The van der Waals surface area contributed by atoms with Crippen LogP contribution in [0.1, 0.15) is 131 Å². The van der Waals surface area contributed by atoms with Gasteiger partial charge in [0, 0.05) is 97.8 Å². The third-order valence-electron chi connectivity index (χ3n) is 22.8. The first-order valence-electron chi connectivity index (χ1n) is 40.0. The normalized spacial score (nSPS) is 35.0. The van der Waals surface area contributed by atoms with E-state index in [2.05, 4.69) is 13.8 Å². The molecule has 119 heavy (non-hydrogen) atoms. The standard InChI is InChI=1S/C53H87N5O21.C22H33N5O13/c1-27(2)18-16-14-12-10-11-13-15-17-19-31(74-35(60)22-28(3)23-36(61)77-51-29(4)44(71-8)45(72-9)30(5)73-51)24-37(62)75-33-26-56(6)39(48(67)57(7)38(33)50(68)69)46(79-52-43(66)40(63)32(25-54)76-52)47-41(64)42(65)49(78-47)58-21-20-34(59)55-53(58)70;1-25-6-7(28)10(20(35)36)26(2)18(34)11(25)16(40-21-15(33)12(30)8(5-23)38-21)17-13(31)14(32)19(39-17)27-4-3-9(29)24-22(27)37/h20-21,27-33,38-47,49,51-52,63-66H,10-19,22-26,54H2,1-9H3,(H,68,69)(H,55,59,70);3-4,7-8,10-17,19,21,28,30-33H,5-6,23H2,1-2H3,(H,35,36)(H,24,29,37)/t28?,29?,30?,31?,32?,33-,38-,39-,40?,41?,42?,43?,44?,45?,46-,47?,49?,51?,52?;7-,8?,10?,11-,12?,13?,14?,15?,16-,17?,19?,21?/m00/s1. The number of rotatable bonds is 36. The number of carboxylic acids is 2. The molecule has 7 saturated heterocycles. The third kappa shape index (κ3) is 23.6. The monoisotopic (exact) mass is 1700 g/mol. The van der Waals surface area contributed by atoms with Crippen molar-refractivity contribution in [3.8, 4) is 0 Å². The molecule has 17 N–H and O–H groups in total. The van der Waals surface area contributed by atoms with E-state index in [4.69, 9.17) is 68.3 Å². The number of nitrogens with one attached hydrogen (secondary N) is 2. The lowest BCUT2D eigenvalue weighted by Gasteiger charge is -2.42. The average Bonchev–Trinajstić information content (AvgIpc) is 1.62. The summed E-state index contributed by atoms with van der Waals surface area (Å²) in [5, 5.41) is 118. The van der Waals surface area contributed by atoms with E-state index in [1.54, 1.807) is 21.0 Å². The minimum Gasteiger partial charge on any atom is -0.480 e. The smallest absolute Gasteiger partial charge is 0.330 e. The summed E-state index contributed by atoms with van der Waals surface area (Å²) in [5.41, 5.74) is 7.83. The van der Waals surface area contributed by atoms with Crippen molar-refractivity contribution < 1.29 is 147 Å². The van der Waals surface area contributed by atoms with Gasteiger partial charge in [-0.25, -0.2) is 19.2 Å². The van der Waals surface area contributed by atoms with Gasteiger partial charge in [-0.05, 0) is 45.7 Å². The molecule has 0 aromatic carbocycles.